The third-order valence-corrected chi connectivity index (χ3v) is 4.14. The van der Waals surface area contributed by atoms with E-state index in [4.69, 9.17) is 4.74 Å². The maximum absolute atomic E-state index is 5.40. The molecule has 1 aliphatic heterocycles. The highest BCUT2D eigenvalue weighted by Crippen LogP contribution is 2.36. The lowest BCUT2D eigenvalue weighted by Crippen LogP contribution is -2.31. The molecule has 1 fully saturated rings. The molecule has 0 spiro atoms. The van der Waals surface area contributed by atoms with Crippen LogP contribution < -0.4 is 0 Å². The van der Waals surface area contributed by atoms with Gasteiger partial charge >= 0.3 is 0 Å². The highest BCUT2D eigenvalue weighted by Gasteiger charge is 2.29. The standard InChI is InChI=1S/C10H20OS/c1-3-10(9-12-4-2)5-7-11-8-6-10/h3-9H2,1-2H3. The zero-order valence-electron chi connectivity index (χ0n) is 8.27. The van der Waals surface area contributed by atoms with E-state index in [9.17, 15) is 0 Å². The van der Waals surface area contributed by atoms with Crippen molar-refractivity contribution in [3.63, 3.8) is 0 Å². The second-order valence-corrected chi connectivity index (χ2v) is 4.88. The van der Waals surface area contributed by atoms with Crippen LogP contribution in [0.15, 0.2) is 0 Å². The zero-order chi connectivity index (χ0) is 8.86. The average Bonchev–Trinajstić information content (AvgIpc) is 2.16. The van der Waals surface area contributed by atoms with Crippen molar-refractivity contribution >= 4 is 11.8 Å². The van der Waals surface area contributed by atoms with Gasteiger partial charge in [-0.05, 0) is 36.2 Å². The van der Waals surface area contributed by atoms with Crippen molar-refractivity contribution in [2.45, 2.75) is 33.1 Å². The third kappa shape index (κ3) is 2.67. The minimum absolute atomic E-state index is 0.610. The fourth-order valence-corrected chi connectivity index (χ4v) is 2.85. The Kier molecular flexibility index (Phi) is 4.44. The van der Waals surface area contributed by atoms with Crippen LogP contribution in [-0.2, 0) is 4.74 Å². The van der Waals surface area contributed by atoms with Crippen molar-refractivity contribution in [3.8, 4) is 0 Å². The van der Waals surface area contributed by atoms with E-state index in [1.165, 1.54) is 30.8 Å². The molecule has 0 saturated carbocycles. The smallest absolute Gasteiger partial charge is 0.0471 e. The van der Waals surface area contributed by atoms with Crippen LogP contribution in [0.1, 0.15) is 33.1 Å². The molecule has 0 unspecified atom stereocenters. The molecule has 2 heteroatoms. The topological polar surface area (TPSA) is 9.23 Å². The van der Waals surface area contributed by atoms with Gasteiger partial charge in [0.25, 0.3) is 0 Å². The Balaban J connectivity index is 2.37. The Morgan fingerprint density at radius 3 is 2.42 bits per heavy atom. The first-order valence-electron chi connectivity index (χ1n) is 4.98. The predicted octanol–water partition coefficient (Wildman–Crippen LogP) is 2.95. The molecular weight excluding hydrogens is 168 g/mol. The van der Waals surface area contributed by atoms with E-state index in [0.29, 0.717) is 5.41 Å². The molecule has 0 radical (unpaired) electrons. The molecule has 72 valence electrons. The van der Waals surface area contributed by atoms with Crippen LogP contribution in [-0.4, -0.2) is 24.7 Å². The molecule has 1 aliphatic rings. The van der Waals surface area contributed by atoms with E-state index < -0.39 is 0 Å². The molecule has 1 saturated heterocycles. The second kappa shape index (κ2) is 5.13. The van der Waals surface area contributed by atoms with Gasteiger partial charge in [0.15, 0.2) is 0 Å². The second-order valence-electron chi connectivity index (χ2n) is 3.60. The van der Waals surface area contributed by atoms with Gasteiger partial charge in [0, 0.05) is 13.2 Å². The Bertz CT molecular complexity index is 119. The van der Waals surface area contributed by atoms with Crippen LogP contribution in [0.2, 0.25) is 0 Å². The van der Waals surface area contributed by atoms with Crippen LogP contribution in [0.25, 0.3) is 0 Å². The van der Waals surface area contributed by atoms with Crippen LogP contribution in [0.5, 0.6) is 0 Å². The summed E-state index contributed by atoms with van der Waals surface area (Å²) in [5.74, 6) is 2.59. The summed E-state index contributed by atoms with van der Waals surface area (Å²) in [6.45, 7) is 6.53. The molecule has 0 aliphatic carbocycles. The highest BCUT2D eigenvalue weighted by atomic mass is 32.2. The molecular formula is C10H20OS. The summed E-state index contributed by atoms with van der Waals surface area (Å²) in [4.78, 5) is 0. The largest absolute Gasteiger partial charge is 0.381 e. The van der Waals surface area contributed by atoms with Gasteiger partial charge in [-0.25, -0.2) is 0 Å². The molecule has 0 N–H and O–H groups in total. The molecule has 0 amide bonds. The van der Waals surface area contributed by atoms with E-state index in [1.807, 2.05) is 0 Å². The van der Waals surface area contributed by atoms with Gasteiger partial charge < -0.3 is 4.74 Å². The van der Waals surface area contributed by atoms with E-state index in [0.717, 1.165) is 13.2 Å². The van der Waals surface area contributed by atoms with E-state index in [1.54, 1.807) is 0 Å². The van der Waals surface area contributed by atoms with Gasteiger partial charge in [-0.2, -0.15) is 11.8 Å². The van der Waals surface area contributed by atoms with E-state index >= 15 is 0 Å². The van der Waals surface area contributed by atoms with Crippen molar-refractivity contribution in [3.05, 3.63) is 0 Å². The summed E-state index contributed by atoms with van der Waals surface area (Å²) >= 11 is 2.08. The van der Waals surface area contributed by atoms with Crippen LogP contribution in [0.4, 0.5) is 0 Å². The van der Waals surface area contributed by atoms with Gasteiger partial charge in [-0.3, -0.25) is 0 Å². The summed E-state index contributed by atoms with van der Waals surface area (Å²) in [6.07, 6.45) is 3.87. The number of hydrogen-bond acceptors (Lipinski definition) is 2. The molecule has 0 aromatic carbocycles. The third-order valence-electron chi connectivity index (χ3n) is 2.92. The molecule has 0 atom stereocenters. The van der Waals surface area contributed by atoms with Gasteiger partial charge in [0.1, 0.15) is 0 Å². The number of thioether (sulfide) groups is 1. The van der Waals surface area contributed by atoms with Crippen LogP contribution >= 0.6 is 11.8 Å². The summed E-state index contributed by atoms with van der Waals surface area (Å²) in [7, 11) is 0. The first kappa shape index (κ1) is 10.4. The molecule has 0 bridgehead atoms. The number of ether oxygens (including phenoxy) is 1. The van der Waals surface area contributed by atoms with Gasteiger partial charge in [0.2, 0.25) is 0 Å². The van der Waals surface area contributed by atoms with Crippen molar-refractivity contribution in [1.29, 1.82) is 0 Å². The van der Waals surface area contributed by atoms with Gasteiger partial charge in [-0.1, -0.05) is 13.8 Å². The Morgan fingerprint density at radius 2 is 1.92 bits per heavy atom. The van der Waals surface area contributed by atoms with E-state index in [-0.39, 0.29) is 0 Å². The van der Waals surface area contributed by atoms with Gasteiger partial charge in [0.05, 0.1) is 0 Å². The normalized spacial score (nSPS) is 22.5. The minimum Gasteiger partial charge on any atom is -0.381 e. The van der Waals surface area contributed by atoms with Crippen molar-refractivity contribution in [2.24, 2.45) is 5.41 Å². The highest BCUT2D eigenvalue weighted by molar-refractivity contribution is 7.99. The first-order chi connectivity index (χ1) is 5.83. The molecule has 0 aromatic heterocycles. The van der Waals surface area contributed by atoms with Crippen molar-refractivity contribution in [1.82, 2.24) is 0 Å². The Morgan fingerprint density at radius 1 is 1.25 bits per heavy atom. The lowest BCUT2D eigenvalue weighted by atomic mass is 9.80. The van der Waals surface area contributed by atoms with Crippen LogP contribution in [0.3, 0.4) is 0 Å². The molecule has 12 heavy (non-hydrogen) atoms. The zero-order valence-corrected chi connectivity index (χ0v) is 9.08. The number of rotatable bonds is 4. The monoisotopic (exact) mass is 188 g/mol. The maximum atomic E-state index is 5.40. The Labute approximate surface area is 80.3 Å². The molecule has 1 rings (SSSR count). The quantitative estimate of drug-likeness (QED) is 0.671. The van der Waals surface area contributed by atoms with Gasteiger partial charge in [-0.15, -0.1) is 0 Å². The fourth-order valence-electron chi connectivity index (χ4n) is 1.72. The molecule has 0 aromatic rings. The SMILES string of the molecule is CCSCC1(CC)CCOCC1. The predicted molar refractivity (Wildman–Crippen MR) is 55.8 cm³/mol. The lowest BCUT2D eigenvalue weighted by molar-refractivity contribution is 0.0245. The van der Waals surface area contributed by atoms with Crippen molar-refractivity contribution in [2.75, 3.05) is 24.7 Å². The molecule has 1 nitrogen and oxygen atoms in total. The number of hydrogen-bond donors (Lipinski definition) is 0. The molecule has 1 heterocycles. The lowest BCUT2D eigenvalue weighted by Gasteiger charge is -2.36. The maximum Gasteiger partial charge on any atom is 0.0471 e. The minimum atomic E-state index is 0.610. The summed E-state index contributed by atoms with van der Waals surface area (Å²) in [5.41, 5.74) is 0.610. The Hall–Kier alpha value is 0.310. The van der Waals surface area contributed by atoms with Crippen molar-refractivity contribution < 1.29 is 4.74 Å². The van der Waals surface area contributed by atoms with Crippen LogP contribution in [0, 0.1) is 5.41 Å². The van der Waals surface area contributed by atoms with E-state index in [2.05, 4.69) is 25.6 Å². The average molecular weight is 188 g/mol. The summed E-state index contributed by atoms with van der Waals surface area (Å²) in [6, 6.07) is 0. The first-order valence-corrected chi connectivity index (χ1v) is 6.14. The summed E-state index contributed by atoms with van der Waals surface area (Å²) < 4.78 is 5.40. The fraction of sp³-hybridized carbons (Fsp3) is 1.00. The summed E-state index contributed by atoms with van der Waals surface area (Å²) in [5, 5.41) is 0.